The molecule has 160 valence electrons. The molecule has 0 aliphatic heterocycles. The van der Waals surface area contributed by atoms with Gasteiger partial charge in [0.25, 0.3) is 0 Å². The zero-order valence-electron chi connectivity index (χ0n) is 18.6. The van der Waals surface area contributed by atoms with E-state index in [4.69, 9.17) is 4.74 Å². The molecule has 0 aromatic heterocycles. The molecule has 0 saturated carbocycles. The van der Waals surface area contributed by atoms with Crippen molar-refractivity contribution >= 4 is 21.8 Å². The third-order valence-electron chi connectivity index (χ3n) is 5.38. The lowest BCUT2D eigenvalue weighted by atomic mass is 9.83. The molecule has 0 spiro atoms. The van der Waals surface area contributed by atoms with Gasteiger partial charge in [0.2, 0.25) is 5.91 Å². The van der Waals surface area contributed by atoms with E-state index in [1.54, 1.807) is 0 Å². The molecule has 3 nitrogen and oxygen atoms in total. The molecule has 0 unspecified atom stereocenters. The number of benzene rings is 1. The molecule has 1 aromatic rings. The third-order valence-corrected chi connectivity index (χ3v) is 5.87. The number of halogens is 1. The molecule has 1 amide bonds. The molecule has 1 aromatic carbocycles. The van der Waals surface area contributed by atoms with Crippen molar-refractivity contribution in [1.29, 1.82) is 0 Å². The summed E-state index contributed by atoms with van der Waals surface area (Å²) < 4.78 is 7.17. The summed E-state index contributed by atoms with van der Waals surface area (Å²) in [5.74, 6) is 1.13. The van der Waals surface area contributed by atoms with E-state index < -0.39 is 0 Å². The van der Waals surface area contributed by atoms with Crippen molar-refractivity contribution in [2.24, 2.45) is 0 Å². The normalized spacial score (nSPS) is 14.8. The van der Waals surface area contributed by atoms with Crippen LogP contribution in [0.4, 0.5) is 0 Å². The second kappa shape index (κ2) is 11.6. The van der Waals surface area contributed by atoms with Crippen LogP contribution >= 0.6 is 15.9 Å². The summed E-state index contributed by atoms with van der Waals surface area (Å²) in [5.41, 5.74) is 2.42. The lowest BCUT2D eigenvalue weighted by Gasteiger charge is -2.33. The fraction of sp³-hybridized carbons (Fsp3) is 0.560. The van der Waals surface area contributed by atoms with Gasteiger partial charge in [0.05, 0.1) is 6.61 Å². The van der Waals surface area contributed by atoms with Crippen molar-refractivity contribution < 1.29 is 9.53 Å². The molecule has 0 saturated heterocycles. The maximum atomic E-state index is 13.3. The highest BCUT2D eigenvalue weighted by Crippen LogP contribution is 2.39. The number of carbonyl (C=O) groups is 1. The predicted molar refractivity (Wildman–Crippen MR) is 125 cm³/mol. The van der Waals surface area contributed by atoms with E-state index in [1.165, 1.54) is 5.57 Å². The van der Waals surface area contributed by atoms with Gasteiger partial charge in [-0.3, -0.25) is 4.79 Å². The van der Waals surface area contributed by atoms with Crippen molar-refractivity contribution in [3.05, 3.63) is 52.0 Å². The average Bonchev–Trinajstić information content (AvgIpc) is 2.67. The highest BCUT2D eigenvalue weighted by Gasteiger charge is 2.28. The van der Waals surface area contributed by atoms with Gasteiger partial charge in [0.15, 0.2) is 0 Å². The molecule has 1 atom stereocenters. The molecule has 0 heterocycles. The number of unbranched alkanes of at least 4 members (excludes halogenated alkanes) is 1. The van der Waals surface area contributed by atoms with E-state index in [0.717, 1.165) is 41.5 Å². The van der Waals surface area contributed by atoms with E-state index in [9.17, 15) is 4.79 Å². The fourth-order valence-corrected chi connectivity index (χ4v) is 4.43. The van der Waals surface area contributed by atoms with E-state index >= 15 is 0 Å². The van der Waals surface area contributed by atoms with E-state index in [1.807, 2.05) is 17.0 Å². The molecule has 1 aliphatic rings. The van der Waals surface area contributed by atoms with Crippen molar-refractivity contribution in [3.63, 3.8) is 0 Å². The summed E-state index contributed by atoms with van der Waals surface area (Å²) in [5, 5.41) is 0. The first-order chi connectivity index (χ1) is 13.8. The number of nitrogens with zero attached hydrogens (tertiary/aromatic N) is 1. The summed E-state index contributed by atoms with van der Waals surface area (Å²) in [6, 6.07) is 6.56. The number of allylic oxidation sites excluding steroid dienone is 4. The maximum Gasteiger partial charge on any atom is 0.223 e. The lowest BCUT2D eigenvalue weighted by molar-refractivity contribution is -0.135. The Morgan fingerprint density at radius 3 is 2.52 bits per heavy atom. The van der Waals surface area contributed by atoms with Gasteiger partial charge in [0.1, 0.15) is 5.75 Å². The molecular formula is C25H36BrNO2. The van der Waals surface area contributed by atoms with Gasteiger partial charge in [-0.1, -0.05) is 53.1 Å². The van der Waals surface area contributed by atoms with Crippen LogP contribution in [0, 0.1) is 0 Å². The van der Waals surface area contributed by atoms with Gasteiger partial charge in [-0.2, -0.15) is 0 Å². The molecule has 29 heavy (non-hydrogen) atoms. The minimum Gasteiger partial charge on any atom is -0.493 e. The number of hydrogen-bond acceptors (Lipinski definition) is 2. The molecule has 4 heteroatoms. The molecule has 2 rings (SSSR count). The minimum absolute atomic E-state index is 0.0292. The Morgan fingerprint density at radius 2 is 1.93 bits per heavy atom. The average molecular weight is 462 g/mol. The van der Waals surface area contributed by atoms with Crippen LogP contribution in [0.25, 0.3) is 0 Å². The Morgan fingerprint density at radius 1 is 1.21 bits per heavy atom. The summed E-state index contributed by atoms with van der Waals surface area (Å²) in [4.78, 5) is 15.3. The number of hydrogen-bond donors (Lipinski definition) is 0. The van der Waals surface area contributed by atoms with E-state index in [-0.39, 0.29) is 23.9 Å². The van der Waals surface area contributed by atoms with Crippen LogP contribution < -0.4 is 4.74 Å². The van der Waals surface area contributed by atoms with Crippen LogP contribution in [0.5, 0.6) is 5.75 Å². The first-order valence-electron chi connectivity index (χ1n) is 10.9. The van der Waals surface area contributed by atoms with Gasteiger partial charge >= 0.3 is 0 Å². The van der Waals surface area contributed by atoms with Gasteiger partial charge in [-0.15, -0.1) is 0 Å². The zero-order valence-corrected chi connectivity index (χ0v) is 20.2. The second-order valence-electron chi connectivity index (χ2n) is 8.34. The van der Waals surface area contributed by atoms with Crippen LogP contribution in [-0.2, 0) is 4.79 Å². The van der Waals surface area contributed by atoms with Gasteiger partial charge < -0.3 is 9.64 Å². The second-order valence-corrected chi connectivity index (χ2v) is 9.25. The Hall–Kier alpha value is -1.55. The number of amides is 1. The predicted octanol–water partition coefficient (Wildman–Crippen LogP) is 7.02. The molecule has 1 aliphatic carbocycles. The monoisotopic (exact) mass is 461 g/mol. The number of ether oxygens (including phenoxy) is 1. The van der Waals surface area contributed by atoms with Crippen LogP contribution in [-0.4, -0.2) is 29.5 Å². The van der Waals surface area contributed by atoms with Crippen LogP contribution in [0.3, 0.4) is 0 Å². The lowest BCUT2D eigenvalue weighted by Crippen LogP contribution is -2.42. The Labute approximate surface area is 185 Å². The van der Waals surface area contributed by atoms with Crippen LogP contribution in [0.15, 0.2) is 46.5 Å². The largest absolute Gasteiger partial charge is 0.493 e. The summed E-state index contributed by atoms with van der Waals surface area (Å²) in [6.07, 6.45) is 11.1. The Balaban J connectivity index is 2.41. The van der Waals surface area contributed by atoms with Gasteiger partial charge in [0, 0.05) is 34.5 Å². The van der Waals surface area contributed by atoms with E-state index in [0.29, 0.717) is 13.0 Å². The van der Waals surface area contributed by atoms with Crippen molar-refractivity contribution in [1.82, 2.24) is 4.90 Å². The SMILES string of the molecule is CCCCOc1ccc(Br)cc1[C@H](CC(=O)N(C(C)C)C(C)C)C1=CC=CCC1. The summed E-state index contributed by atoms with van der Waals surface area (Å²) in [6.45, 7) is 11.2. The Bertz CT molecular complexity index is 728. The minimum atomic E-state index is 0.0292. The number of carbonyl (C=O) groups excluding carboxylic acids is 1. The highest BCUT2D eigenvalue weighted by atomic mass is 79.9. The van der Waals surface area contributed by atoms with Crippen molar-refractivity contribution in [3.8, 4) is 5.75 Å². The van der Waals surface area contributed by atoms with E-state index in [2.05, 4.69) is 74.8 Å². The standard InChI is InChI=1S/C25H36BrNO2/c1-6-7-15-29-24-14-13-21(26)16-23(24)22(20-11-9-8-10-12-20)17-25(28)27(18(2)3)19(4)5/h8-9,11,13-14,16,18-19,22H,6-7,10,12,15,17H2,1-5H3/t22-/m1/s1. The summed E-state index contributed by atoms with van der Waals surface area (Å²) in [7, 11) is 0. The zero-order chi connectivity index (χ0) is 21.4. The topological polar surface area (TPSA) is 29.5 Å². The van der Waals surface area contributed by atoms with Crippen molar-refractivity contribution in [2.75, 3.05) is 6.61 Å². The maximum absolute atomic E-state index is 13.3. The number of rotatable bonds is 10. The van der Waals surface area contributed by atoms with Crippen LogP contribution in [0.2, 0.25) is 0 Å². The quantitative estimate of drug-likeness (QED) is 0.350. The first-order valence-corrected chi connectivity index (χ1v) is 11.7. The smallest absolute Gasteiger partial charge is 0.223 e. The van der Waals surface area contributed by atoms with Gasteiger partial charge in [-0.25, -0.2) is 0 Å². The fourth-order valence-electron chi connectivity index (χ4n) is 4.05. The molecular weight excluding hydrogens is 426 g/mol. The first kappa shape index (κ1) is 23.7. The van der Waals surface area contributed by atoms with Crippen LogP contribution in [0.1, 0.15) is 78.2 Å². The third kappa shape index (κ3) is 6.74. The van der Waals surface area contributed by atoms with Crippen molar-refractivity contribution in [2.45, 2.75) is 84.7 Å². The van der Waals surface area contributed by atoms with Gasteiger partial charge in [-0.05, 0) is 65.2 Å². The summed E-state index contributed by atoms with van der Waals surface area (Å²) >= 11 is 3.63. The molecule has 0 N–H and O–H groups in total. The molecule has 0 bridgehead atoms. The molecule has 0 radical (unpaired) electrons. The molecule has 0 fully saturated rings. The highest BCUT2D eigenvalue weighted by molar-refractivity contribution is 9.10. The Kier molecular flexibility index (Phi) is 9.48.